The summed E-state index contributed by atoms with van der Waals surface area (Å²) in [5.41, 5.74) is 5.26. The van der Waals surface area contributed by atoms with Crippen LogP contribution in [0.2, 0.25) is 0 Å². The van der Waals surface area contributed by atoms with Gasteiger partial charge in [0.2, 0.25) is 0 Å². The third-order valence-corrected chi connectivity index (χ3v) is 1.28. The topological polar surface area (TPSA) is 81.1 Å². The Morgan fingerprint density at radius 3 is 3.00 bits per heavy atom. The predicted octanol–water partition coefficient (Wildman–Crippen LogP) is -0.705. The molecule has 0 aliphatic heterocycles. The lowest BCUT2D eigenvalue weighted by atomic mass is 10.3. The molecule has 0 radical (unpaired) electrons. The maximum Gasteiger partial charge on any atom is 0.322 e. The molecule has 0 amide bonds. The molecule has 0 aliphatic rings. The van der Waals surface area contributed by atoms with E-state index in [9.17, 15) is 4.79 Å². The first kappa shape index (κ1) is 7.74. The van der Waals surface area contributed by atoms with Crippen molar-refractivity contribution in [3.05, 3.63) is 18.7 Å². The van der Waals surface area contributed by atoms with Gasteiger partial charge in [-0.2, -0.15) is 0 Å². The number of carboxylic acid groups (broad SMARTS) is 1. The van der Waals surface area contributed by atoms with Gasteiger partial charge in [-0.3, -0.25) is 4.79 Å². The maximum atomic E-state index is 10.3. The molecule has 0 fully saturated rings. The predicted molar refractivity (Wildman–Crippen MR) is 37.8 cm³/mol. The van der Waals surface area contributed by atoms with Crippen LogP contribution in [-0.2, 0) is 11.3 Å². The van der Waals surface area contributed by atoms with Crippen molar-refractivity contribution in [1.29, 1.82) is 0 Å². The molecule has 0 bridgehead atoms. The minimum absolute atomic E-state index is 0.259. The number of imidazole rings is 1. The number of carboxylic acids is 1. The highest BCUT2D eigenvalue weighted by molar-refractivity contribution is 5.72. The van der Waals surface area contributed by atoms with Crippen LogP contribution in [0.25, 0.3) is 0 Å². The van der Waals surface area contributed by atoms with Crippen LogP contribution in [-0.4, -0.2) is 26.7 Å². The van der Waals surface area contributed by atoms with E-state index in [0.717, 1.165) is 0 Å². The van der Waals surface area contributed by atoms with E-state index in [0.29, 0.717) is 0 Å². The second kappa shape index (κ2) is 3.16. The molecule has 0 saturated heterocycles. The standard InChI is InChI=1S/C6H9N3O2/c7-5(6(10)11)3-9-2-1-8-4-9/h1-2,4-5H,3,7H2,(H,10,11)/t5-/m0/s1. The smallest absolute Gasteiger partial charge is 0.322 e. The quantitative estimate of drug-likeness (QED) is 0.604. The Morgan fingerprint density at radius 1 is 1.82 bits per heavy atom. The normalized spacial score (nSPS) is 12.8. The molecular weight excluding hydrogens is 146 g/mol. The van der Waals surface area contributed by atoms with Crippen molar-refractivity contribution in [2.24, 2.45) is 5.73 Å². The van der Waals surface area contributed by atoms with Crippen LogP contribution in [0.5, 0.6) is 0 Å². The fourth-order valence-corrected chi connectivity index (χ4v) is 0.700. The third kappa shape index (κ3) is 2.05. The molecule has 1 heterocycles. The second-order valence-electron chi connectivity index (χ2n) is 2.20. The van der Waals surface area contributed by atoms with Crippen molar-refractivity contribution in [2.45, 2.75) is 12.6 Å². The van der Waals surface area contributed by atoms with Gasteiger partial charge in [0.15, 0.2) is 0 Å². The monoisotopic (exact) mass is 155 g/mol. The van der Waals surface area contributed by atoms with Crippen molar-refractivity contribution in [3.63, 3.8) is 0 Å². The summed E-state index contributed by atoms with van der Waals surface area (Å²) in [4.78, 5) is 14.0. The Balaban J connectivity index is 2.50. The number of rotatable bonds is 3. The van der Waals surface area contributed by atoms with E-state index in [1.54, 1.807) is 17.0 Å². The summed E-state index contributed by atoms with van der Waals surface area (Å²) in [7, 11) is 0. The van der Waals surface area contributed by atoms with E-state index in [1.807, 2.05) is 0 Å². The van der Waals surface area contributed by atoms with E-state index in [2.05, 4.69) is 4.98 Å². The van der Waals surface area contributed by atoms with E-state index in [-0.39, 0.29) is 6.54 Å². The number of hydrogen-bond acceptors (Lipinski definition) is 3. The molecule has 11 heavy (non-hydrogen) atoms. The fourth-order valence-electron chi connectivity index (χ4n) is 0.700. The van der Waals surface area contributed by atoms with Crippen molar-refractivity contribution < 1.29 is 9.90 Å². The van der Waals surface area contributed by atoms with Gasteiger partial charge in [0, 0.05) is 18.9 Å². The summed E-state index contributed by atoms with van der Waals surface area (Å²) in [6.45, 7) is 0.259. The molecule has 1 rings (SSSR count). The summed E-state index contributed by atoms with van der Waals surface area (Å²) in [5.74, 6) is -1.00. The molecule has 3 N–H and O–H groups in total. The first-order valence-corrected chi connectivity index (χ1v) is 3.14. The van der Waals surface area contributed by atoms with E-state index >= 15 is 0 Å². The molecule has 0 aliphatic carbocycles. The third-order valence-electron chi connectivity index (χ3n) is 1.28. The van der Waals surface area contributed by atoms with Gasteiger partial charge in [0.05, 0.1) is 6.33 Å². The van der Waals surface area contributed by atoms with Crippen LogP contribution >= 0.6 is 0 Å². The summed E-state index contributed by atoms with van der Waals surface area (Å²) in [6.07, 6.45) is 4.78. The summed E-state index contributed by atoms with van der Waals surface area (Å²) in [5, 5.41) is 8.42. The number of nitrogens with zero attached hydrogens (tertiary/aromatic N) is 2. The highest BCUT2D eigenvalue weighted by atomic mass is 16.4. The lowest BCUT2D eigenvalue weighted by Gasteiger charge is -2.05. The lowest BCUT2D eigenvalue weighted by molar-refractivity contribution is -0.138. The SMILES string of the molecule is N[C@@H](Cn1ccnc1)C(=O)O. The number of aliphatic carboxylic acids is 1. The molecule has 5 nitrogen and oxygen atoms in total. The highest BCUT2D eigenvalue weighted by Crippen LogP contribution is 1.89. The first-order chi connectivity index (χ1) is 5.20. The Hall–Kier alpha value is -1.36. The molecule has 60 valence electrons. The van der Waals surface area contributed by atoms with Gasteiger partial charge in [-0.15, -0.1) is 0 Å². The molecule has 0 unspecified atom stereocenters. The van der Waals surface area contributed by atoms with Gasteiger partial charge in [-0.05, 0) is 0 Å². The van der Waals surface area contributed by atoms with E-state index in [4.69, 9.17) is 10.8 Å². The van der Waals surface area contributed by atoms with Crippen LogP contribution < -0.4 is 5.73 Å². The summed E-state index contributed by atoms with van der Waals surface area (Å²) >= 11 is 0. The minimum Gasteiger partial charge on any atom is -0.480 e. The summed E-state index contributed by atoms with van der Waals surface area (Å²) < 4.78 is 1.62. The van der Waals surface area contributed by atoms with E-state index < -0.39 is 12.0 Å². The Labute approximate surface area is 63.5 Å². The van der Waals surface area contributed by atoms with Crippen LogP contribution in [0.3, 0.4) is 0 Å². The number of hydrogen-bond donors (Lipinski definition) is 2. The van der Waals surface area contributed by atoms with Crippen LogP contribution in [0.15, 0.2) is 18.7 Å². The van der Waals surface area contributed by atoms with Crippen molar-refractivity contribution in [2.75, 3.05) is 0 Å². The molecule has 1 aromatic rings. The Morgan fingerprint density at radius 2 is 2.55 bits per heavy atom. The van der Waals surface area contributed by atoms with Crippen LogP contribution in [0.1, 0.15) is 0 Å². The van der Waals surface area contributed by atoms with Gasteiger partial charge >= 0.3 is 5.97 Å². The summed E-state index contributed by atoms with van der Waals surface area (Å²) in [6, 6.07) is -0.857. The van der Waals surface area contributed by atoms with Crippen molar-refractivity contribution in [3.8, 4) is 0 Å². The van der Waals surface area contributed by atoms with Crippen molar-refractivity contribution in [1.82, 2.24) is 9.55 Å². The number of nitrogens with two attached hydrogens (primary N) is 1. The van der Waals surface area contributed by atoms with Gasteiger partial charge in [-0.1, -0.05) is 0 Å². The molecule has 5 heteroatoms. The van der Waals surface area contributed by atoms with Crippen molar-refractivity contribution >= 4 is 5.97 Å². The largest absolute Gasteiger partial charge is 0.480 e. The van der Waals surface area contributed by atoms with Crippen LogP contribution in [0, 0.1) is 0 Å². The zero-order valence-corrected chi connectivity index (χ0v) is 5.84. The van der Waals surface area contributed by atoms with Gasteiger partial charge in [0.25, 0.3) is 0 Å². The molecule has 1 atom stereocenters. The second-order valence-corrected chi connectivity index (χ2v) is 2.20. The number of aromatic nitrogens is 2. The zero-order valence-electron chi connectivity index (χ0n) is 5.84. The first-order valence-electron chi connectivity index (χ1n) is 3.14. The van der Waals surface area contributed by atoms with Crippen LogP contribution in [0.4, 0.5) is 0 Å². The van der Waals surface area contributed by atoms with E-state index in [1.165, 1.54) is 6.33 Å². The average Bonchev–Trinajstić information content (AvgIpc) is 2.39. The van der Waals surface area contributed by atoms with Gasteiger partial charge in [0.1, 0.15) is 6.04 Å². The lowest BCUT2D eigenvalue weighted by Crippen LogP contribution is -2.34. The molecule has 0 saturated carbocycles. The number of carbonyl (C=O) groups is 1. The molecule has 0 spiro atoms. The van der Waals surface area contributed by atoms with Gasteiger partial charge < -0.3 is 15.4 Å². The van der Waals surface area contributed by atoms with Gasteiger partial charge in [-0.25, -0.2) is 4.98 Å². The molecule has 0 aromatic carbocycles. The Bertz CT molecular complexity index is 232. The zero-order chi connectivity index (χ0) is 8.27. The average molecular weight is 155 g/mol. The maximum absolute atomic E-state index is 10.3. The minimum atomic E-state index is -1.00. The highest BCUT2D eigenvalue weighted by Gasteiger charge is 2.10. The molecular formula is C6H9N3O2. The molecule has 1 aromatic heterocycles. The fraction of sp³-hybridized carbons (Fsp3) is 0.333. The Kier molecular flexibility index (Phi) is 2.22.